The van der Waals surface area contributed by atoms with Crippen molar-refractivity contribution >= 4 is 11.9 Å². The second-order valence-corrected chi connectivity index (χ2v) is 7.04. The van der Waals surface area contributed by atoms with E-state index in [-0.39, 0.29) is 18.4 Å². The summed E-state index contributed by atoms with van der Waals surface area (Å²) in [6, 6.07) is 11.4. The second kappa shape index (κ2) is 10.2. The van der Waals surface area contributed by atoms with Crippen molar-refractivity contribution < 1.29 is 14.3 Å². The number of likely N-dealkylation sites (N-methyl/N-ethyl adjacent to an activating group) is 1. The molecule has 0 radical (unpaired) electrons. The van der Waals surface area contributed by atoms with Crippen LogP contribution in [0.25, 0.3) is 0 Å². The summed E-state index contributed by atoms with van der Waals surface area (Å²) in [5.41, 5.74) is 2.54. The Hall–Kier alpha value is -3.99. The van der Waals surface area contributed by atoms with Crippen LogP contribution in [0, 0.1) is 11.8 Å². The minimum atomic E-state index is -0.457. The fourth-order valence-corrected chi connectivity index (χ4v) is 3.03. The van der Waals surface area contributed by atoms with Crippen molar-refractivity contribution in [1.82, 2.24) is 24.9 Å². The number of rotatable bonds is 6. The third-order valence-electron chi connectivity index (χ3n) is 4.38. The maximum atomic E-state index is 12.9. The number of amides is 1. The van der Waals surface area contributed by atoms with Gasteiger partial charge in [-0.1, -0.05) is 36.3 Å². The maximum absolute atomic E-state index is 12.9. The Morgan fingerprint density at radius 3 is 2.61 bits per heavy atom. The molecule has 1 aromatic carbocycles. The average Bonchev–Trinajstić information content (AvgIpc) is 3.17. The summed E-state index contributed by atoms with van der Waals surface area (Å²) in [6.45, 7) is 1.62. The Labute approximate surface area is 180 Å². The molecular formula is C23H23N5O3. The molecule has 8 nitrogen and oxygen atoms in total. The number of ether oxygens (including phenoxy) is 1. The van der Waals surface area contributed by atoms with Crippen LogP contribution in [0.1, 0.15) is 34.1 Å². The first-order valence-corrected chi connectivity index (χ1v) is 9.70. The second-order valence-electron chi connectivity index (χ2n) is 7.04. The van der Waals surface area contributed by atoms with Crippen molar-refractivity contribution in [2.45, 2.75) is 19.4 Å². The monoisotopic (exact) mass is 417 g/mol. The third-order valence-corrected chi connectivity index (χ3v) is 4.38. The van der Waals surface area contributed by atoms with Crippen molar-refractivity contribution in [3.63, 3.8) is 0 Å². The molecule has 0 aliphatic heterocycles. The van der Waals surface area contributed by atoms with E-state index in [9.17, 15) is 9.59 Å². The van der Waals surface area contributed by atoms with Gasteiger partial charge in [0.05, 0.1) is 18.3 Å². The van der Waals surface area contributed by atoms with Crippen molar-refractivity contribution in [2.75, 3.05) is 13.6 Å². The SMILES string of the molecule is CC(=O)O[C@@H](Cc1ccccc1)CN(C)C(=O)c1cncc(C#Cc2cnn(C)n2)c1. The van der Waals surface area contributed by atoms with Crippen LogP contribution in [0.4, 0.5) is 0 Å². The standard InChI is InChI=1S/C23H23N5O3/c1-17(29)31-22(12-18-7-5-4-6-8-18)16-27(2)23(30)20-11-19(13-24-14-20)9-10-21-15-25-28(3)26-21/h4-8,11,13-15,22H,12,16H2,1-3H3/t22-/m0/s1. The van der Waals surface area contributed by atoms with Gasteiger partial charge in [-0.05, 0) is 17.6 Å². The lowest BCUT2D eigenvalue weighted by molar-refractivity contribution is -0.146. The molecule has 3 aromatic rings. The highest BCUT2D eigenvalue weighted by molar-refractivity contribution is 5.94. The number of hydrogen-bond acceptors (Lipinski definition) is 6. The van der Waals surface area contributed by atoms with Gasteiger partial charge in [-0.2, -0.15) is 9.90 Å². The largest absolute Gasteiger partial charge is 0.460 e. The molecule has 31 heavy (non-hydrogen) atoms. The van der Waals surface area contributed by atoms with Crippen molar-refractivity contribution in [3.8, 4) is 11.8 Å². The predicted octanol–water partition coefficient (Wildman–Crippen LogP) is 1.86. The summed E-state index contributed by atoms with van der Waals surface area (Å²) in [5, 5.41) is 8.06. The number of esters is 1. The normalized spacial score (nSPS) is 11.2. The van der Waals surface area contributed by atoms with Crippen LogP contribution in [0.3, 0.4) is 0 Å². The fraction of sp³-hybridized carbons (Fsp3) is 0.261. The Balaban J connectivity index is 1.70. The van der Waals surface area contributed by atoms with Crippen LogP contribution in [0.15, 0.2) is 55.0 Å². The summed E-state index contributed by atoms with van der Waals surface area (Å²) < 4.78 is 5.44. The lowest BCUT2D eigenvalue weighted by atomic mass is 10.1. The van der Waals surface area contributed by atoms with Crippen LogP contribution in [-0.2, 0) is 23.0 Å². The molecule has 0 saturated heterocycles. The Kier molecular flexibility index (Phi) is 7.12. The lowest BCUT2D eigenvalue weighted by Gasteiger charge is -2.24. The molecule has 3 rings (SSSR count). The molecule has 2 heterocycles. The number of nitrogens with zero attached hydrogens (tertiary/aromatic N) is 5. The summed E-state index contributed by atoms with van der Waals surface area (Å²) in [6.07, 6.45) is 4.69. The van der Waals surface area contributed by atoms with E-state index in [1.165, 1.54) is 22.8 Å². The predicted molar refractivity (Wildman–Crippen MR) is 114 cm³/mol. The number of aryl methyl sites for hydroxylation is 1. The van der Waals surface area contributed by atoms with Gasteiger partial charge in [-0.25, -0.2) is 0 Å². The maximum Gasteiger partial charge on any atom is 0.302 e. The van der Waals surface area contributed by atoms with Crippen LogP contribution < -0.4 is 0 Å². The highest BCUT2D eigenvalue weighted by atomic mass is 16.5. The Morgan fingerprint density at radius 1 is 1.16 bits per heavy atom. The number of benzene rings is 1. The van der Waals surface area contributed by atoms with E-state index in [1.54, 1.807) is 32.6 Å². The number of carbonyl (C=O) groups excluding carboxylic acids is 2. The van der Waals surface area contributed by atoms with Crippen molar-refractivity contribution in [3.05, 3.63) is 77.4 Å². The first-order valence-electron chi connectivity index (χ1n) is 9.70. The van der Waals surface area contributed by atoms with Gasteiger partial charge < -0.3 is 9.64 Å². The molecule has 1 atom stereocenters. The number of pyridine rings is 1. The van der Waals surface area contributed by atoms with E-state index >= 15 is 0 Å². The summed E-state index contributed by atoms with van der Waals surface area (Å²) in [5.74, 6) is 5.21. The van der Waals surface area contributed by atoms with E-state index in [0.717, 1.165) is 5.56 Å². The molecule has 1 amide bonds. The van der Waals surface area contributed by atoms with Gasteiger partial charge in [0.15, 0.2) is 5.69 Å². The molecule has 0 spiro atoms. The zero-order valence-corrected chi connectivity index (χ0v) is 17.6. The van der Waals surface area contributed by atoms with Crippen LogP contribution in [0.2, 0.25) is 0 Å². The van der Waals surface area contributed by atoms with E-state index in [1.807, 2.05) is 30.3 Å². The summed E-state index contributed by atoms with van der Waals surface area (Å²) in [4.78, 5) is 31.5. The third kappa shape index (κ3) is 6.51. The molecular weight excluding hydrogens is 394 g/mol. The molecule has 0 aliphatic rings. The minimum Gasteiger partial charge on any atom is -0.460 e. The topological polar surface area (TPSA) is 90.2 Å². The van der Waals surface area contributed by atoms with E-state index in [2.05, 4.69) is 27.0 Å². The molecule has 158 valence electrons. The Bertz CT molecular complexity index is 1110. The van der Waals surface area contributed by atoms with Crippen LogP contribution in [0.5, 0.6) is 0 Å². The number of hydrogen-bond donors (Lipinski definition) is 0. The van der Waals surface area contributed by atoms with Gasteiger partial charge in [0.2, 0.25) is 0 Å². The van der Waals surface area contributed by atoms with E-state index in [0.29, 0.717) is 23.2 Å². The van der Waals surface area contributed by atoms with Gasteiger partial charge in [0.1, 0.15) is 6.10 Å². The molecule has 8 heteroatoms. The first kappa shape index (κ1) is 21.7. The molecule has 0 N–H and O–H groups in total. The smallest absolute Gasteiger partial charge is 0.302 e. The van der Waals surface area contributed by atoms with Crippen molar-refractivity contribution in [1.29, 1.82) is 0 Å². The van der Waals surface area contributed by atoms with Gasteiger partial charge in [-0.3, -0.25) is 14.6 Å². The average molecular weight is 417 g/mol. The van der Waals surface area contributed by atoms with E-state index < -0.39 is 6.10 Å². The lowest BCUT2D eigenvalue weighted by Crippen LogP contribution is -2.37. The molecule has 0 aliphatic carbocycles. The van der Waals surface area contributed by atoms with Crippen molar-refractivity contribution in [2.24, 2.45) is 7.05 Å². The molecule has 0 fully saturated rings. The molecule has 2 aromatic heterocycles. The quantitative estimate of drug-likeness (QED) is 0.449. The van der Waals surface area contributed by atoms with E-state index in [4.69, 9.17) is 4.74 Å². The number of carbonyl (C=O) groups is 2. The molecule has 0 unspecified atom stereocenters. The zero-order chi connectivity index (χ0) is 22.2. The highest BCUT2D eigenvalue weighted by Gasteiger charge is 2.20. The van der Waals surface area contributed by atoms with Gasteiger partial charge in [-0.15, -0.1) is 5.10 Å². The molecule has 0 bridgehead atoms. The van der Waals surface area contributed by atoms with Gasteiger partial charge in [0.25, 0.3) is 5.91 Å². The molecule has 0 saturated carbocycles. The first-order chi connectivity index (χ1) is 14.9. The van der Waals surface area contributed by atoms with Gasteiger partial charge >= 0.3 is 5.97 Å². The summed E-state index contributed by atoms with van der Waals surface area (Å²) in [7, 11) is 3.38. The summed E-state index contributed by atoms with van der Waals surface area (Å²) >= 11 is 0. The number of aromatic nitrogens is 4. The van der Waals surface area contributed by atoms with Crippen LogP contribution >= 0.6 is 0 Å². The Morgan fingerprint density at radius 2 is 1.94 bits per heavy atom. The van der Waals surface area contributed by atoms with Crippen LogP contribution in [-0.4, -0.2) is 56.5 Å². The fourth-order valence-electron chi connectivity index (χ4n) is 3.03. The van der Waals surface area contributed by atoms with Gasteiger partial charge in [0, 0.05) is 45.4 Å². The zero-order valence-electron chi connectivity index (χ0n) is 17.6. The highest BCUT2D eigenvalue weighted by Crippen LogP contribution is 2.11. The minimum absolute atomic E-state index is 0.235.